The van der Waals surface area contributed by atoms with Crippen molar-refractivity contribution in [3.8, 4) is 0 Å². The lowest BCUT2D eigenvalue weighted by molar-refractivity contribution is 0.0680. The summed E-state index contributed by atoms with van der Waals surface area (Å²) >= 11 is 0. The molecule has 1 aliphatic carbocycles. The van der Waals surface area contributed by atoms with Gasteiger partial charge in [-0.15, -0.1) is 0 Å². The Labute approximate surface area is 115 Å². The van der Waals surface area contributed by atoms with Crippen molar-refractivity contribution < 1.29 is 9.53 Å². The molecule has 0 unspecified atom stereocenters. The standard InChI is InChI=1S/C13H23N3O2Si/c1-19(2,3)8-7-18-10-16-13(14-9-15-16)12(17)11-5-4-6-11/h9,11H,4-8,10H2,1-3H3. The number of hydrogen-bond acceptors (Lipinski definition) is 4. The number of aromatic nitrogens is 3. The average molecular weight is 281 g/mol. The summed E-state index contributed by atoms with van der Waals surface area (Å²) in [5.41, 5.74) is 0. The summed E-state index contributed by atoms with van der Waals surface area (Å²) in [6.45, 7) is 8.01. The highest BCUT2D eigenvalue weighted by molar-refractivity contribution is 6.76. The van der Waals surface area contributed by atoms with Gasteiger partial charge in [0.25, 0.3) is 0 Å². The highest BCUT2D eigenvalue weighted by Crippen LogP contribution is 2.29. The van der Waals surface area contributed by atoms with Crippen LogP contribution in [0.1, 0.15) is 29.9 Å². The van der Waals surface area contributed by atoms with Gasteiger partial charge in [-0.3, -0.25) is 4.79 Å². The predicted molar refractivity (Wildman–Crippen MR) is 75.8 cm³/mol. The first kappa shape index (κ1) is 14.4. The molecule has 5 nitrogen and oxygen atoms in total. The third kappa shape index (κ3) is 3.97. The zero-order valence-corrected chi connectivity index (χ0v) is 13.1. The third-order valence-electron chi connectivity index (χ3n) is 3.52. The Morgan fingerprint density at radius 3 is 2.79 bits per heavy atom. The Balaban J connectivity index is 1.84. The van der Waals surface area contributed by atoms with E-state index in [0.717, 1.165) is 31.9 Å². The molecule has 1 fully saturated rings. The van der Waals surface area contributed by atoms with Crippen LogP contribution in [-0.4, -0.2) is 35.2 Å². The van der Waals surface area contributed by atoms with Gasteiger partial charge >= 0.3 is 0 Å². The van der Waals surface area contributed by atoms with Crippen molar-refractivity contribution >= 4 is 13.9 Å². The van der Waals surface area contributed by atoms with Crippen LogP contribution in [0.2, 0.25) is 25.7 Å². The largest absolute Gasteiger partial charge is 0.359 e. The first-order valence-corrected chi connectivity index (χ1v) is 10.7. The van der Waals surface area contributed by atoms with E-state index in [1.165, 1.54) is 6.33 Å². The molecule has 19 heavy (non-hydrogen) atoms. The van der Waals surface area contributed by atoms with E-state index in [1.54, 1.807) is 4.68 Å². The van der Waals surface area contributed by atoms with E-state index >= 15 is 0 Å². The molecule has 0 spiro atoms. The minimum Gasteiger partial charge on any atom is -0.359 e. The van der Waals surface area contributed by atoms with Crippen molar-refractivity contribution in [2.75, 3.05) is 6.61 Å². The van der Waals surface area contributed by atoms with Crippen LogP contribution in [0.25, 0.3) is 0 Å². The Morgan fingerprint density at radius 1 is 1.47 bits per heavy atom. The van der Waals surface area contributed by atoms with Gasteiger partial charge in [-0.2, -0.15) is 5.10 Å². The van der Waals surface area contributed by atoms with Gasteiger partial charge < -0.3 is 4.74 Å². The summed E-state index contributed by atoms with van der Waals surface area (Å²) in [6.07, 6.45) is 4.56. The molecule has 0 aromatic carbocycles. The molecule has 0 amide bonds. The Hall–Kier alpha value is -1.01. The van der Waals surface area contributed by atoms with Gasteiger partial charge in [0.1, 0.15) is 13.1 Å². The first-order chi connectivity index (χ1) is 8.97. The summed E-state index contributed by atoms with van der Waals surface area (Å²) in [5, 5.41) is 4.08. The summed E-state index contributed by atoms with van der Waals surface area (Å²) in [5.74, 6) is 0.736. The minimum absolute atomic E-state index is 0.123. The molecule has 1 aliphatic rings. The molecule has 1 heterocycles. The van der Waals surface area contributed by atoms with Crippen LogP contribution >= 0.6 is 0 Å². The van der Waals surface area contributed by atoms with Crippen LogP contribution in [0.3, 0.4) is 0 Å². The summed E-state index contributed by atoms with van der Waals surface area (Å²) in [4.78, 5) is 16.2. The van der Waals surface area contributed by atoms with E-state index in [4.69, 9.17) is 4.74 Å². The van der Waals surface area contributed by atoms with Crippen LogP contribution in [0.15, 0.2) is 6.33 Å². The molecule has 0 bridgehead atoms. The molecule has 1 aromatic rings. The van der Waals surface area contributed by atoms with Gasteiger partial charge in [-0.1, -0.05) is 26.1 Å². The monoisotopic (exact) mass is 281 g/mol. The Bertz CT molecular complexity index is 435. The smallest absolute Gasteiger partial charge is 0.202 e. The molecule has 0 radical (unpaired) electrons. The predicted octanol–water partition coefficient (Wildman–Crippen LogP) is 2.57. The molecule has 1 aromatic heterocycles. The van der Waals surface area contributed by atoms with Gasteiger partial charge in [0.05, 0.1) is 0 Å². The van der Waals surface area contributed by atoms with Crippen LogP contribution in [0.5, 0.6) is 0 Å². The van der Waals surface area contributed by atoms with Crippen molar-refractivity contribution in [2.24, 2.45) is 5.92 Å². The first-order valence-electron chi connectivity index (χ1n) is 6.97. The van der Waals surface area contributed by atoms with Gasteiger partial charge in [-0.05, 0) is 18.9 Å². The van der Waals surface area contributed by atoms with E-state index in [1.807, 2.05) is 0 Å². The second kappa shape index (κ2) is 5.96. The van der Waals surface area contributed by atoms with E-state index in [0.29, 0.717) is 12.6 Å². The highest BCUT2D eigenvalue weighted by Gasteiger charge is 2.29. The fourth-order valence-electron chi connectivity index (χ4n) is 1.93. The molecule has 0 saturated heterocycles. The zero-order chi connectivity index (χ0) is 13.9. The van der Waals surface area contributed by atoms with E-state index in [-0.39, 0.29) is 11.7 Å². The van der Waals surface area contributed by atoms with Crippen LogP contribution < -0.4 is 0 Å². The average Bonchev–Trinajstić information content (AvgIpc) is 2.68. The maximum atomic E-state index is 12.1. The maximum absolute atomic E-state index is 12.1. The molecule has 0 atom stereocenters. The fraction of sp³-hybridized carbons (Fsp3) is 0.769. The number of carbonyl (C=O) groups excluding carboxylic acids is 1. The summed E-state index contributed by atoms with van der Waals surface area (Å²) in [7, 11) is -1.07. The number of nitrogens with zero attached hydrogens (tertiary/aromatic N) is 3. The quantitative estimate of drug-likeness (QED) is 0.438. The molecule has 0 N–H and O–H groups in total. The maximum Gasteiger partial charge on any atom is 0.202 e. The molecule has 106 valence electrons. The molecular formula is C13H23N3O2Si. The van der Waals surface area contributed by atoms with Gasteiger partial charge in [0, 0.05) is 20.6 Å². The van der Waals surface area contributed by atoms with E-state index in [9.17, 15) is 4.79 Å². The van der Waals surface area contributed by atoms with E-state index in [2.05, 4.69) is 29.7 Å². The van der Waals surface area contributed by atoms with Crippen molar-refractivity contribution in [3.63, 3.8) is 0 Å². The lowest BCUT2D eigenvalue weighted by Gasteiger charge is -2.23. The Morgan fingerprint density at radius 2 is 2.21 bits per heavy atom. The van der Waals surface area contributed by atoms with Crippen molar-refractivity contribution in [1.82, 2.24) is 14.8 Å². The number of hydrogen-bond donors (Lipinski definition) is 0. The molecule has 6 heteroatoms. The molecule has 0 aliphatic heterocycles. The lowest BCUT2D eigenvalue weighted by atomic mass is 9.82. The van der Waals surface area contributed by atoms with E-state index < -0.39 is 8.07 Å². The molecule has 2 rings (SSSR count). The fourth-order valence-corrected chi connectivity index (χ4v) is 2.69. The van der Waals surface area contributed by atoms with Gasteiger partial charge in [0.2, 0.25) is 5.78 Å². The van der Waals surface area contributed by atoms with Crippen molar-refractivity contribution in [3.05, 3.63) is 12.2 Å². The second-order valence-corrected chi connectivity index (χ2v) is 12.0. The van der Waals surface area contributed by atoms with Gasteiger partial charge in [0.15, 0.2) is 5.82 Å². The Kier molecular flexibility index (Phi) is 4.52. The topological polar surface area (TPSA) is 57.0 Å². The van der Waals surface area contributed by atoms with Gasteiger partial charge in [-0.25, -0.2) is 9.67 Å². The zero-order valence-electron chi connectivity index (χ0n) is 12.1. The highest BCUT2D eigenvalue weighted by atomic mass is 28.3. The number of ketones is 1. The normalized spacial score (nSPS) is 16.4. The number of Topliss-reactive ketones (excluding diaryl/α,β-unsaturated/α-hetero) is 1. The number of carbonyl (C=O) groups is 1. The minimum atomic E-state index is -1.07. The lowest BCUT2D eigenvalue weighted by Crippen LogP contribution is -2.26. The SMILES string of the molecule is C[Si](C)(C)CCOCn1ncnc1C(=O)C1CCC1. The van der Waals surface area contributed by atoms with Crippen LogP contribution in [-0.2, 0) is 11.5 Å². The molecular weight excluding hydrogens is 258 g/mol. The van der Waals surface area contributed by atoms with Crippen molar-refractivity contribution in [1.29, 1.82) is 0 Å². The van der Waals surface area contributed by atoms with Crippen LogP contribution in [0.4, 0.5) is 0 Å². The number of ether oxygens (including phenoxy) is 1. The summed E-state index contributed by atoms with van der Waals surface area (Å²) < 4.78 is 7.21. The second-order valence-electron chi connectivity index (χ2n) is 6.42. The number of rotatable bonds is 7. The van der Waals surface area contributed by atoms with Crippen molar-refractivity contribution in [2.45, 2.75) is 51.7 Å². The van der Waals surface area contributed by atoms with Crippen LogP contribution in [0, 0.1) is 5.92 Å². The third-order valence-corrected chi connectivity index (χ3v) is 5.23. The summed E-state index contributed by atoms with van der Waals surface area (Å²) in [6, 6.07) is 1.12. The molecule has 1 saturated carbocycles.